The molecule has 0 aromatic carbocycles. The fraction of sp³-hybridized carbons (Fsp3) is 0.900. The molecule has 0 spiro atoms. The molecule has 5 rings (SSSR count). The molecule has 4 atom stereocenters. The molecule has 1 aliphatic heterocycles. The molecular formula is C40H74IrNOPSi. The molecule has 3 saturated carbocycles. The van der Waals surface area contributed by atoms with Crippen molar-refractivity contribution >= 4 is 16.2 Å². The van der Waals surface area contributed by atoms with Crippen molar-refractivity contribution in [2.24, 2.45) is 5.92 Å². The molecule has 2 nitrogen and oxygen atoms in total. The number of piperidine rings is 1. The van der Waals surface area contributed by atoms with Crippen molar-refractivity contribution in [1.29, 1.82) is 0 Å². The molecule has 0 N–H and O–H groups in total. The first-order chi connectivity index (χ1) is 21.3. The zero-order valence-corrected chi connectivity index (χ0v) is 34.9. The maximum atomic E-state index is 7.82. The van der Waals surface area contributed by atoms with E-state index in [1.807, 2.05) is 0 Å². The average molecular weight is 836 g/mol. The van der Waals surface area contributed by atoms with E-state index in [0.717, 1.165) is 17.2 Å². The van der Waals surface area contributed by atoms with E-state index < -0.39 is 16.2 Å². The summed E-state index contributed by atoms with van der Waals surface area (Å²) < 4.78 is 7.82. The van der Waals surface area contributed by atoms with Crippen LogP contribution in [-0.4, -0.2) is 44.0 Å². The SMILES string of the molecule is C1=CCCC=CCC1.CC(C)[Si](OC(C[PH+](C1CCCCC1)C1CCCCC1)C1CCC2CCCCC2[N-]1)(C(C)C)C(C)C.[Ir]. The van der Waals surface area contributed by atoms with Gasteiger partial charge < -0.3 is 9.74 Å². The third-order valence-electron chi connectivity index (χ3n) is 12.6. The fourth-order valence-corrected chi connectivity index (χ4v) is 20.5. The van der Waals surface area contributed by atoms with Crippen LogP contribution in [0.2, 0.25) is 16.6 Å². The first-order valence-electron chi connectivity index (χ1n) is 19.9. The van der Waals surface area contributed by atoms with E-state index in [1.54, 1.807) is 0 Å². The minimum atomic E-state index is -1.93. The minimum absolute atomic E-state index is 0. The van der Waals surface area contributed by atoms with Gasteiger partial charge in [0.1, 0.15) is 0 Å². The second-order valence-corrected chi connectivity index (χ2v) is 25.0. The van der Waals surface area contributed by atoms with Gasteiger partial charge >= 0.3 is 0 Å². The molecule has 1 radical (unpaired) electrons. The number of rotatable bonds is 10. The molecule has 0 aromatic rings. The van der Waals surface area contributed by atoms with Crippen LogP contribution < -0.4 is 0 Å². The fourth-order valence-electron chi connectivity index (χ4n) is 10.3. The van der Waals surface area contributed by atoms with Crippen LogP contribution >= 0.6 is 7.92 Å². The van der Waals surface area contributed by atoms with Crippen LogP contribution in [0.15, 0.2) is 24.3 Å². The first-order valence-corrected chi connectivity index (χ1v) is 23.9. The van der Waals surface area contributed by atoms with E-state index >= 15 is 0 Å². The molecule has 4 aliphatic carbocycles. The molecule has 5 aliphatic rings. The zero-order chi connectivity index (χ0) is 31.4. The van der Waals surface area contributed by atoms with Crippen LogP contribution in [0.4, 0.5) is 0 Å². The molecule has 263 valence electrons. The normalized spacial score (nSPS) is 27.8. The van der Waals surface area contributed by atoms with Crippen LogP contribution in [0.25, 0.3) is 5.32 Å². The van der Waals surface area contributed by atoms with Gasteiger partial charge in [-0.25, -0.2) is 0 Å². The Labute approximate surface area is 297 Å². The van der Waals surface area contributed by atoms with Crippen molar-refractivity contribution in [2.45, 2.75) is 216 Å². The van der Waals surface area contributed by atoms with Crippen LogP contribution in [0.3, 0.4) is 0 Å². The molecule has 0 amide bonds. The Morgan fingerprint density at radius 2 is 1.04 bits per heavy atom. The van der Waals surface area contributed by atoms with Gasteiger partial charge in [-0.3, -0.25) is 0 Å². The van der Waals surface area contributed by atoms with Gasteiger partial charge in [-0.05, 0) is 93.7 Å². The predicted molar refractivity (Wildman–Crippen MR) is 202 cm³/mol. The van der Waals surface area contributed by atoms with Crippen LogP contribution in [0.5, 0.6) is 0 Å². The summed E-state index contributed by atoms with van der Waals surface area (Å²) in [6, 6.07) is 1.14. The number of hydrogen-bond acceptors (Lipinski definition) is 1. The summed E-state index contributed by atoms with van der Waals surface area (Å²) in [7, 11) is -2.36. The summed E-state index contributed by atoms with van der Waals surface area (Å²) in [5.41, 5.74) is 4.12. The summed E-state index contributed by atoms with van der Waals surface area (Å²) in [6.07, 6.45) is 39.3. The maximum absolute atomic E-state index is 7.82. The quantitative estimate of drug-likeness (QED) is 0.122. The number of fused-ring (bicyclic) bond motifs is 1. The smallest absolute Gasteiger partial charge is 0.200 e. The molecule has 1 heterocycles. The number of allylic oxidation sites excluding steroid dienone is 4. The topological polar surface area (TPSA) is 23.3 Å². The van der Waals surface area contributed by atoms with E-state index in [2.05, 4.69) is 65.8 Å². The summed E-state index contributed by atoms with van der Waals surface area (Å²) in [5, 5.41) is 5.72. The first kappa shape index (κ1) is 40.1. The van der Waals surface area contributed by atoms with Crippen molar-refractivity contribution in [3.05, 3.63) is 29.6 Å². The van der Waals surface area contributed by atoms with Gasteiger partial charge in [0.25, 0.3) is 0 Å². The Kier molecular flexibility index (Phi) is 18.8. The van der Waals surface area contributed by atoms with E-state index in [1.165, 1.54) is 135 Å². The summed E-state index contributed by atoms with van der Waals surface area (Å²) >= 11 is 0. The summed E-state index contributed by atoms with van der Waals surface area (Å²) in [5.74, 6) is 0.888. The Balaban J connectivity index is 0.000000535. The van der Waals surface area contributed by atoms with Gasteiger partial charge in [0.15, 0.2) is 0 Å². The molecule has 0 bridgehead atoms. The molecule has 5 heteroatoms. The van der Waals surface area contributed by atoms with E-state index in [9.17, 15) is 0 Å². The standard InChI is InChI=1S/C32H61NOPSi.C8H12.Ir/c1-24(2)36(25(3)4,26(5)6)34-32(31-22-21-27-15-13-14-20-30(27)33-31)23-35(28-16-9-7-10-17-28)29-18-11-8-12-19-29;1-2-4-6-8-7-5-3-1;/h24-32H,7-23H2,1-6H3;1-2,7-8H,3-6H2;/q-1;;/p+1. The van der Waals surface area contributed by atoms with Crippen molar-refractivity contribution in [2.75, 3.05) is 6.16 Å². The van der Waals surface area contributed by atoms with Crippen molar-refractivity contribution in [3.63, 3.8) is 0 Å². The Bertz CT molecular complexity index is 783. The minimum Gasteiger partial charge on any atom is -0.654 e. The van der Waals surface area contributed by atoms with E-state index in [4.69, 9.17) is 9.74 Å². The Hall–Kier alpha value is 0.696. The van der Waals surface area contributed by atoms with Crippen molar-refractivity contribution in [1.82, 2.24) is 0 Å². The molecular weight excluding hydrogens is 762 g/mol. The predicted octanol–water partition coefficient (Wildman–Crippen LogP) is 13.2. The summed E-state index contributed by atoms with van der Waals surface area (Å²) in [6.45, 7) is 15.0. The molecule has 1 saturated heterocycles. The van der Waals surface area contributed by atoms with E-state index in [-0.39, 0.29) is 20.1 Å². The van der Waals surface area contributed by atoms with Crippen LogP contribution in [0, 0.1) is 5.92 Å². The number of hydrogen-bond donors (Lipinski definition) is 0. The van der Waals surface area contributed by atoms with Crippen LogP contribution in [-0.2, 0) is 24.5 Å². The van der Waals surface area contributed by atoms with Gasteiger partial charge in [-0.2, -0.15) is 0 Å². The molecule has 4 unspecified atom stereocenters. The monoisotopic (exact) mass is 836 g/mol. The van der Waals surface area contributed by atoms with Gasteiger partial charge in [0.2, 0.25) is 8.32 Å². The third kappa shape index (κ3) is 11.6. The van der Waals surface area contributed by atoms with E-state index in [0.29, 0.717) is 34.8 Å². The third-order valence-corrected chi connectivity index (χ3v) is 22.9. The summed E-state index contributed by atoms with van der Waals surface area (Å²) in [4.78, 5) is 0. The molecule has 45 heavy (non-hydrogen) atoms. The van der Waals surface area contributed by atoms with Gasteiger partial charge in [-0.15, -0.1) is 12.1 Å². The zero-order valence-electron chi connectivity index (χ0n) is 30.5. The molecule has 4 fully saturated rings. The largest absolute Gasteiger partial charge is 0.654 e. The molecule has 0 aromatic heterocycles. The second-order valence-electron chi connectivity index (χ2n) is 16.4. The second kappa shape index (κ2) is 21.0. The van der Waals surface area contributed by atoms with Crippen LogP contribution in [0.1, 0.15) is 170 Å². The Morgan fingerprint density at radius 3 is 1.51 bits per heavy atom. The van der Waals surface area contributed by atoms with Crippen molar-refractivity contribution < 1.29 is 24.5 Å². The van der Waals surface area contributed by atoms with Crippen molar-refractivity contribution in [3.8, 4) is 0 Å². The van der Waals surface area contributed by atoms with Gasteiger partial charge in [-0.1, -0.05) is 123 Å². The Morgan fingerprint density at radius 1 is 0.600 bits per heavy atom. The van der Waals surface area contributed by atoms with Gasteiger partial charge in [0.05, 0.1) is 23.6 Å². The maximum Gasteiger partial charge on any atom is 0.200 e. The van der Waals surface area contributed by atoms with Gasteiger partial charge in [0, 0.05) is 28.0 Å². The average Bonchev–Trinajstić information content (AvgIpc) is 3.01. The number of nitrogens with zero attached hydrogens (tertiary/aromatic N) is 1.